The highest BCUT2D eigenvalue weighted by Crippen LogP contribution is 2.31. The Morgan fingerprint density at radius 1 is 1.00 bits per heavy atom. The fraction of sp³-hybridized carbons (Fsp3) is 0.167. The summed E-state index contributed by atoms with van der Waals surface area (Å²) in [5.74, 6) is 0.619. The first-order valence-corrected chi connectivity index (χ1v) is 12.2. The van der Waals surface area contributed by atoms with Crippen LogP contribution >= 0.6 is 11.6 Å². The molecule has 1 amide bonds. The van der Waals surface area contributed by atoms with Crippen LogP contribution in [0.4, 0.5) is 5.69 Å². The van der Waals surface area contributed by atoms with Crippen LogP contribution < -0.4 is 19.2 Å². The third-order valence-electron chi connectivity index (χ3n) is 5.05. The van der Waals surface area contributed by atoms with E-state index in [1.807, 2.05) is 0 Å². The second-order valence-electron chi connectivity index (χ2n) is 7.37. The van der Waals surface area contributed by atoms with Crippen molar-refractivity contribution in [2.45, 2.75) is 11.8 Å². The van der Waals surface area contributed by atoms with E-state index in [2.05, 4.69) is 10.5 Å². The second-order valence-corrected chi connectivity index (χ2v) is 9.64. The fourth-order valence-electron chi connectivity index (χ4n) is 3.32. The molecule has 0 saturated carbocycles. The van der Waals surface area contributed by atoms with Gasteiger partial charge in [-0.25, -0.2) is 13.8 Å². The molecule has 0 bridgehead atoms. The van der Waals surface area contributed by atoms with Gasteiger partial charge in [0.15, 0.2) is 11.5 Å². The molecule has 0 fully saturated rings. The zero-order valence-electron chi connectivity index (χ0n) is 18.3. The minimum absolute atomic E-state index is 0.0404. The molecule has 3 aromatic carbocycles. The van der Waals surface area contributed by atoms with Gasteiger partial charge in [-0.15, -0.1) is 0 Å². The van der Waals surface area contributed by atoms with E-state index in [1.165, 1.54) is 12.1 Å². The number of benzene rings is 3. The van der Waals surface area contributed by atoms with E-state index in [0.717, 1.165) is 9.87 Å². The molecule has 34 heavy (non-hydrogen) atoms. The lowest BCUT2D eigenvalue weighted by atomic mass is 10.1. The lowest BCUT2D eigenvalue weighted by Crippen LogP contribution is -2.40. The molecule has 0 saturated heterocycles. The van der Waals surface area contributed by atoms with Crippen molar-refractivity contribution in [3.8, 4) is 11.5 Å². The highest BCUT2D eigenvalue weighted by molar-refractivity contribution is 7.92. The molecule has 10 heteroatoms. The van der Waals surface area contributed by atoms with Crippen LogP contribution in [-0.2, 0) is 14.8 Å². The summed E-state index contributed by atoms with van der Waals surface area (Å²) in [6, 6.07) is 19.6. The number of rotatable bonds is 7. The molecule has 176 valence electrons. The molecule has 1 N–H and O–H groups in total. The summed E-state index contributed by atoms with van der Waals surface area (Å²) in [4.78, 5) is 12.8. The molecule has 8 nitrogen and oxygen atoms in total. The van der Waals surface area contributed by atoms with Crippen LogP contribution in [0.15, 0.2) is 82.8 Å². The molecule has 4 rings (SSSR count). The Bertz CT molecular complexity index is 1330. The minimum atomic E-state index is -4.06. The number of hydrogen-bond donors (Lipinski definition) is 1. The van der Waals surface area contributed by atoms with E-state index in [-0.39, 0.29) is 15.6 Å². The Morgan fingerprint density at radius 3 is 2.41 bits per heavy atom. The van der Waals surface area contributed by atoms with Crippen molar-refractivity contribution in [2.24, 2.45) is 5.10 Å². The molecule has 3 aromatic rings. The standard InChI is InChI=1S/C24H22ClN3O5S/c1-17(18-11-12-22-23(15-18)33-14-13-32-22)26-27-24(29)16-28(21-10-6-5-9-20(21)25)34(30,31)19-7-3-2-4-8-19/h2-12,15H,13-14,16H2,1H3,(H,27,29)/b26-17-. The summed E-state index contributed by atoms with van der Waals surface area (Å²) in [6.45, 7) is 2.15. The van der Waals surface area contributed by atoms with Crippen molar-refractivity contribution in [1.82, 2.24) is 5.43 Å². The van der Waals surface area contributed by atoms with E-state index >= 15 is 0 Å². The van der Waals surface area contributed by atoms with Crippen molar-refractivity contribution in [3.63, 3.8) is 0 Å². The van der Waals surface area contributed by atoms with Crippen LogP contribution in [0.3, 0.4) is 0 Å². The molecule has 1 heterocycles. The highest BCUT2D eigenvalue weighted by atomic mass is 35.5. The Balaban J connectivity index is 1.56. The van der Waals surface area contributed by atoms with Crippen molar-refractivity contribution in [1.29, 1.82) is 0 Å². The molecule has 1 aliphatic rings. The first kappa shape index (κ1) is 23.6. The number of hydrogen-bond acceptors (Lipinski definition) is 6. The Morgan fingerprint density at radius 2 is 1.68 bits per heavy atom. The normalized spacial score (nSPS) is 13.3. The summed E-state index contributed by atoms with van der Waals surface area (Å²) in [6.07, 6.45) is 0. The zero-order valence-corrected chi connectivity index (χ0v) is 19.8. The molecule has 0 radical (unpaired) electrons. The summed E-state index contributed by atoms with van der Waals surface area (Å²) in [5, 5.41) is 4.33. The largest absolute Gasteiger partial charge is 0.486 e. The number of carbonyl (C=O) groups excluding carboxylic acids is 1. The number of ether oxygens (including phenoxy) is 2. The van der Waals surface area contributed by atoms with Crippen LogP contribution in [-0.4, -0.2) is 39.8 Å². The second kappa shape index (κ2) is 10.1. The van der Waals surface area contributed by atoms with Gasteiger partial charge in [0.1, 0.15) is 19.8 Å². The van der Waals surface area contributed by atoms with E-state index in [0.29, 0.717) is 30.4 Å². The van der Waals surface area contributed by atoms with Crippen LogP contribution in [0.2, 0.25) is 5.02 Å². The molecule has 0 unspecified atom stereocenters. The number of amides is 1. The quantitative estimate of drug-likeness (QED) is 0.393. The summed E-state index contributed by atoms with van der Waals surface area (Å²) < 4.78 is 38.7. The van der Waals surface area contributed by atoms with Gasteiger partial charge in [-0.2, -0.15) is 5.10 Å². The Labute approximate surface area is 202 Å². The Kier molecular flexibility index (Phi) is 7.04. The third kappa shape index (κ3) is 5.16. The maximum absolute atomic E-state index is 13.3. The van der Waals surface area contributed by atoms with E-state index in [1.54, 1.807) is 67.6 Å². The van der Waals surface area contributed by atoms with E-state index in [9.17, 15) is 13.2 Å². The number of para-hydroxylation sites is 1. The summed E-state index contributed by atoms with van der Waals surface area (Å²) >= 11 is 6.27. The predicted octanol–water partition coefficient (Wildman–Crippen LogP) is 3.85. The molecule has 0 aromatic heterocycles. The van der Waals surface area contributed by atoms with Gasteiger partial charge in [-0.1, -0.05) is 41.9 Å². The van der Waals surface area contributed by atoms with Crippen LogP contribution in [0.1, 0.15) is 12.5 Å². The van der Waals surface area contributed by atoms with Gasteiger partial charge in [0.05, 0.1) is 21.3 Å². The Hall–Kier alpha value is -3.56. The SMILES string of the molecule is C/C(=N/NC(=O)CN(c1ccccc1Cl)S(=O)(=O)c1ccccc1)c1ccc2c(c1)OCCO2. The lowest BCUT2D eigenvalue weighted by Gasteiger charge is -2.24. The van der Waals surface area contributed by atoms with E-state index in [4.69, 9.17) is 21.1 Å². The van der Waals surface area contributed by atoms with Gasteiger partial charge in [-0.05, 0) is 49.4 Å². The number of halogens is 1. The van der Waals surface area contributed by atoms with Crippen molar-refractivity contribution < 1.29 is 22.7 Å². The maximum Gasteiger partial charge on any atom is 0.264 e. The number of carbonyl (C=O) groups is 1. The van der Waals surface area contributed by atoms with Crippen LogP contribution in [0.5, 0.6) is 11.5 Å². The van der Waals surface area contributed by atoms with Crippen LogP contribution in [0, 0.1) is 0 Å². The van der Waals surface area contributed by atoms with Crippen molar-refractivity contribution in [3.05, 3.63) is 83.4 Å². The number of sulfonamides is 1. The lowest BCUT2D eigenvalue weighted by molar-refractivity contribution is -0.119. The molecule has 0 aliphatic carbocycles. The number of fused-ring (bicyclic) bond motifs is 1. The molecule has 0 spiro atoms. The fourth-order valence-corrected chi connectivity index (χ4v) is 5.07. The third-order valence-corrected chi connectivity index (χ3v) is 7.14. The topological polar surface area (TPSA) is 97.3 Å². The van der Waals surface area contributed by atoms with E-state index < -0.39 is 22.5 Å². The minimum Gasteiger partial charge on any atom is -0.486 e. The van der Waals surface area contributed by atoms with Crippen molar-refractivity contribution in [2.75, 3.05) is 24.1 Å². The average Bonchev–Trinajstić information content (AvgIpc) is 2.86. The van der Waals surface area contributed by atoms with Gasteiger partial charge in [-0.3, -0.25) is 9.10 Å². The number of nitrogens with one attached hydrogen (secondary N) is 1. The zero-order chi connectivity index (χ0) is 24.1. The molecule has 0 atom stereocenters. The number of hydrazone groups is 1. The first-order chi connectivity index (χ1) is 16.4. The molecular weight excluding hydrogens is 478 g/mol. The maximum atomic E-state index is 13.3. The predicted molar refractivity (Wildman–Crippen MR) is 130 cm³/mol. The van der Waals surface area contributed by atoms with Gasteiger partial charge >= 0.3 is 0 Å². The van der Waals surface area contributed by atoms with Crippen molar-refractivity contribution >= 4 is 38.9 Å². The van der Waals surface area contributed by atoms with Gasteiger partial charge in [0, 0.05) is 5.56 Å². The molecule has 1 aliphatic heterocycles. The number of nitrogens with zero attached hydrogens (tertiary/aromatic N) is 2. The monoisotopic (exact) mass is 499 g/mol. The highest BCUT2D eigenvalue weighted by Gasteiger charge is 2.28. The smallest absolute Gasteiger partial charge is 0.264 e. The molecular formula is C24H22ClN3O5S. The van der Waals surface area contributed by atoms with Gasteiger partial charge in [0.2, 0.25) is 0 Å². The summed E-state index contributed by atoms with van der Waals surface area (Å²) in [7, 11) is -4.06. The summed E-state index contributed by atoms with van der Waals surface area (Å²) in [5.41, 5.74) is 3.86. The number of anilines is 1. The first-order valence-electron chi connectivity index (χ1n) is 10.4. The average molecular weight is 500 g/mol. The van der Waals surface area contributed by atoms with Gasteiger partial charge < -0.3 is 9.47 Å². The van der Waals surface area contributed by atoms with Gasteiger partial charge in [0.25, 0.3) is 15.9 Å². The van der Waals surface area contributed by atoms with Crippen LogP contribution in [0.25, 0.3) is 0 Å².